The molecule has 1 N–H and O–H groups in total. The fourth-order valence-corrected chi connectivity index (χ4v) is 2.97. The van der Waals surface area contributed by atoms with E-state index >= 15 is 0 Å². The average Bonchev–Trinajstić information content (AvgIpc) is 2.65. The number of benzene rings is 2. The second-order valence-corrected chi connectivity index (χ2v) is 6.76. The molecule has 2 rings (SSSR count). The zero-order valence-electron chi connectivity index (χ0n) is 15.6. The quantitative estimate of drug-likeness (QED) is 0.709. The minimum atomic E-state index is -0.0702. The van der Waals surface area contributed by atoms with E-state index in [0.29, 0.717) is 22.7 Å². The summed E-state index contributed by atoms with van der Waals surface area (Å²) in [6.45, 7) is 8.43. The summed E-state index contributed by atoms with van der Waals surface area (Å²) >= 11 is 5.99. The number of allylic oxidation sites excluding steroid dienone is 1. The van der Waals surface area contributed by atoms with Crippen LogP contribution in [-0.4, -0.2) is 12.5 Å². The van der Waals surface area contributed by atoms with Crippen LogP contribution < -0.4 is 5.32 Å². The largest absolute Gasteiger partial charge is 0.352 e. The zero-order chi connectivity index (χ0) is 19.3. The molecule has 0 bridgehead atoms. The number of nitrogens with zero attached hydrogens (tertiary/aromatic N) is 1. The van der Waals surface area contributed by atoms with Crippen LogP contribution in [0.4, 0.5) is 0 Å². The first-order valence-electron chi connectivity index (χ1n) is 8.65. The maximum Gasteiger partial charge on any atom is 0.247 e. The maximum absolute atomic E-state index is 12.3. The predicted octanol–water partition coefficient (Wildman–Crippen LogP) is 5.51. The van der Waals surface area contributed by atoms with Gasteiger partial charge in [0.25, 0.3) is 0 Å². The van der Waals surface area contributed by atoms with Gasteiger partial charge in [-0.1, -0.05) is 30.7 Å². The number of nitrogens with one attached hydrogen (secondary N) is 1. The summed E-state index contributed by atoms with van der Waals surface area (Å²) in [7, 11) is 0. The number of halogens is 1. The molecule has 4 heteroatoms. The Morgan fingerprint density at radius 2 is 1.85 bits per heavy atom. The summed E-state index contributed by atoms with van der Waals surface area (Å²) in [5, 5.41) is 13.0. The van der Waals surface area contributed by atoms with Gasteiger partial charge >= 0.3 is 0 Å². The molecule has 1 amide bonds. The van der Waals surface area contributed by atoms with Gasteiger partial charge in [-0.2, -0.15) is 5.26 Å². The molecule has 0 aromatic heterocycles. The lowest BCUT2D eigenvalue weighted by molar-refractivity contribution is -0.117. The fourth-order valence-electron chi connectivity index (χ4n) is 2.84. The number of carbonyl (C=O) groups is 1. The van der Waals surface area contributed by atoms with Gasteiger partial charge in [-0.25, -0.2) is 0 Å². The molecular weight excluding hydrogens is 344 g/mol. The van der Waals surface area contributed by atoms with Crippen LogP contribution in [0.15, 0.2) is 42.0 Å². The molecule has 0 aliphatic rings. The van der Waals surface area contributed by atoms with E-state index in [0.717, 1.165) is 34.2 Å². The van der Waals surface area contributed by atoms with Crippen LogP contribution in [0.1, 0.15) is 43.9 Å². The molecule has 0 aliphatic carbocycles. The molecule has 26 heavy (non-hydrogen) atoms. The molecule has 0 unspecified atom stereocenters. The third-order valence-electron chi connectivity index (χ3n) is 4.53. The van der Waals surface area contributed by atoms with Crippen LogP contribution in [0.3, 0.4) is 0 Å². The van der Waals surface area contributed by atoms with Crippen molar-refractivity contribution in [3.8, 4) is 17.2 Å². The Bertz CT molecular complexity index is 890. The summed E-state index contributed by atoms with van der Waals surface area (Å²) in [5.41, 5.74) is 6.02. The first-order valence-corrected chi connectivity index (χ1v) is 9.03. The highest BCUT2D eigenvalue weighted by molar-refractivity contribution is 6.30. The van der Waals surface area contributed by atoms with Crippen molar-refractivity contribution >= 4 is 23.1 Å². The molecule has 0 radical (unpaired) electrons. The van der Waals surface area contributed by atoms with Gasteiger partial charge in [-0.3, -0.25) is 4.79 Å². The van der Waals surface area contributed by atoms with E-state index in [1.54, 1.807) is 0 Å². The normalized spacial score (nSPS) is 11.5. The van der Waals surface area contributed by atoms with Gasteiger partial charge in [0.05, 0.1) is 11.6 Å². The molecule has 134 valence electrons. The Kier molecular flexibility index (Phi) is 6.60. The van der Waals surface area contributed by atoms with Crippen LogP contribution in [0.5, 0.6) is 0 Å². The maximum atomic E-state index is 12.3. The molecule has 2 aromatic rings. The third-order valence-corrected chi connectivity index (χ3v) is 4.79. The Morgan fingerprint density at radius 1 is 1.19 bits per heavy atom. The highest BCUT2D eigenvalue weighted by atomic mass is 35.5. The van der Waals surface area contributed by atoms with E-state index in [4.69, 9.17) is 11.6 Å². The molecule has 0 aliphatic heterocycles. The molecule has 2 aromatic carbocycles. The topological polar surface area (TPSA) is 52.9 Å². The van der Waals surface area contributed by atoms with E-state index in [9.17, 15) is 10.1 Å². The van der Waals surface area contributed by atoms with Gasteiger partial charge in [0.15, 0.2) is 0 Å². The lowest BCUT2D eigenvalue weighted by Crippen LogP contribution is -2.25. The van der Waals surface area contributed by atoms with Crippen LogP contribution >= 0.6 is 11.6 Å². The summed E-state index contributed by atoms with van der Waals surface area (Å²) in [5.74, 6) is -0.0702. The molecule has 0 fully saturated rings. The van der Waals surface area contributed by atoms with Crippen LogP contribution in [0, 0.1) is 18.3 Å². The fraction of sp³-hybridized carbons (Fsp3) is 0.273. The third kappa shape index (κ3) is 4.33. The summed E-state index contributed by atoms with van der Waals surface area (Å²) < 4.78 is 0. The van der Waals surface area contributed by atoms with Gasteiger partial charge in [-0.05, 0) is 79.3 Å². The summed E-state index contributed by atoms with van der Waals surface area (Å²) in [6, 6.07) is 13.5. The number of hydrogen-bond acceptors (Lipinski definition) is 2. The summed E-state index contributed by atoms with van der Waals surface area (Å²) in [4.78, 5) is 12.3. The number of hydrogen-bond donors (Lipinski definition) is 1. The molecular formula is C22H23ClN2O. The van der Waals surface area contributed by atoms with Crippen LogP contribution in [-0.2, 0) is 4.79 Å². The number of amides is 1. The van der Waals surface area contributed by atoms with Crippen molar-refractivity contribution in [3.05, 3.63) is 63.7 Å². The second kappa shape index (κ2) is 8.69. The van der Waals surface area contributed by atoms with Crippen molar-refractivity contribution in [2.24, 2.45) is 0 Å². The molecule has 3 nitrogen and oxygen atoms in total. The minimum absolute atomic E-state index is 0.0702. The molecule has 0 saturated carbocycles. The Morgan fingerprint density at radius 3 is 2.42 bits per heavy atom. The Hall–Kier alpha value is -2.57. The first kappa shape index (κ1) is 19.8. The van der Waals surface area contributed by atoms with Gasteiger partial charge < -0.3 is 5.32 Å². The number of rotatable bonds is 5. The van der Waals surface area contributed by atoms with E-state index < -0.39 is 0 Å². The van der Waals surface area contributed by atoms with E-state index in [-0.39, 0.29) is 5.91 Å². The standard InChI is InChI=1S/C22H23ClN2O/c1-5-10-25-22(26)15(3)14(2)20-11-17(13-24)12-21(16(20)4)18-6-8-19(23)9-7-18/h6-9,11-12H,5,10H2,1-4H3,(H,25,26)/b15-14+. The monoisotopic (exact) mass is 366 g/mol. The predicted molar refractivity (Wildman–Crippen MR) is 108 cm³/mol. The van der Waals surface area contributed by atoms with Gasteiger partial charge in [0.2, 0.25) is 5.91 Å². The molecule has 0 heterocycles. The number of carbonyl (C=O) groups excluding carboxylic acids is 1. The van der Waals surface area contributed by atoms with Crippen molar-refractivity contribution < 1.29 is 4.79 Å². The first-order chi connectivity index (χ1) is 12.4. The van der Waals surface area contributed by atoms with Crippen molar-refractivity contribution in [1.82, 2.24) is 5.32 Å². The van der Waals surface area contributed by atoms with Gasteiger partial charge in [0, 0.05) is 17.1 Å². The second-order valence-electron chi connectivity index (χ2n) is 6.32. The molecule has 0 saturated heterocycles. The van der Waals surface area contributed by atoms with E-state index in [2.05, 4.69) is 11.4 Å². The van der Waals surface area contributed by atoms with E-state index in [1.807, 2.05) is 64.1 Å². The van der Waals surface area contributed by atoms with Gasteiger partial charge in [0.1, 0.15) is 0 Å². The summed E-state index contributed by atoms with van der Waals surface area (Å²) in [6.07, 6.45) is 0.891. The van der Waals surface area contributed by atoms with E-state index in [1.165, 1.54) is 0 Å². The SMILES string of the molecule is CCCNC(=O)/C(C)=C(\C)c1cc(C#N)cc(-c2ccc(Cl)cc2)c1C. The van der Waals surface area contributed by atoms with Crippen molar-refractivity contribution in [3.63, 3.8) is 0 Å². The Labute approximate surface area is 160 Å². The van der Waals surface area contributed by atoms with Crippen molar-refractivity contribution in [2.75, 3.05) is 6.54 Å². The van der Waals surface area contributed by atoms with Crippen molar-refractivity contribution in [2.45, 2.75) is 34.1 Å². The smallest absolute Gasteiger partial charge is 0.247 e. The molecule has 0 spiro atoms. The lowest BCUT2D eigenvalue weighted by atomic mass is 9.89. The highest BCUT2D eigenvalue weighted by Crippen LogP contribution is 2.32. The molecule has 0 atom stereocenters. The highest BCUT2D eigenvalue weighted by Gasteiger charge is 2.15. The van der Waals surface area contributed by atoms with Gasteiger partial charge in [-0.15, -0.1) is 0 Å². The van der Waals surface area contributed by atoms with Crippen molar-refractivity contribution in [1.29, 1.82) is 5.26 Å². The van der Waals surface area contributed by atoms with Crippen LogP contribution in [0.2, 0.25) is 5.02 Å². The number of nitriles is 1. The average molecular weight is 367 g/mol. The minimum Gasteiger partial charge on any atom is -0.352 e. The zero-order valence-corrected chi connectivity index (χ0v) is 16.4. The lowest BCUT2D eigenvalue weighted by Gasteiger charge is -2.16. The van der Waals surface area contributed by atoms with Crippen LogP contribution in [0.25, 0.3) is 16.7 Å². The Balaban J connectivity index is 2.59.